The Kier molecular flexibility index (Phi) is 2.67. The molecular formula is C13H15NOS. The van der Waals surface area contributed by atoms with Crippen molar-refractivity contribution in [3.63, 3.8) is 0 Å². The van der Waals surface area contributed by atoms with E-state index >= 15 is 0 Å². The van der Waals surface area contributed by atoms with Crippen molar-refractivity contribution in [1.82, 2.24) is 5.32 Å². The maximum Gasteiger partial charge on any atom is 0.0643 e. The number of hydrogen-bond acceptors (Lipinski definition) is 3. The van der Waals surface area contributed by atoms with Crippen LogP contribution in [0.15, 0.2) is 30.3 Å². The summed E-state index contributed by atoms with van der Waals surface area (Å²) in [6.45, 7) is 3.94. The first kappa shape index (κ1) is 10.3. The molecular weight excluding hydrogens is 218 g/mol. The molecule has 0 aliphatic carbocycles. The van der Waals surface area contributed by atoms with Crippen molar-refractivity contribution in [2.75, 3.05) is 13.2 Å². The molecule has 3 heteroatoms. The summed E-state index contributed by atoms with van der Waals surface area (Å²) in [5.41, 5.74) is 0. The van der Waals surface area contributed by atoms with Gasteiger partial charge < -0.3 is 10.1 Å². The van der Waals surface area contributed by atoms with Gasteiger partial charge in [0.25, 0.3) is 0 Å². The van der Waals surface area contributed by atoms with Gasteiger partial charge in [-0.25, -0.2) is 0 Å². The van der Waals surface area contributed by atoms with Crippen LogP contribution in [-0.4, -0.2) is 19.3 Å². The van der Waals surface area contributed by atoms with Crippen LogP contribution in [0.4, 0.5) is 0 Å². The van der Waals surface area contributed by atoms with E-state index in [2.05, 4.69) is 42.6 Å². The van der Waals surface area contributed by atoms with Gasteiger partial charge in [-0.1, -0.05) is 18.2 Å². The van der Waals surface area contributed by atoms with E-state index in [1.54, 1.807) is 0 Å². The number of thiophene rings is 1. The van der Waals surface area contributed by atoms with Crippen molar-refractivity contribution in [3.8, 4) is 0 Å². The van der Waals surface area contributed by atoms with Gasteiger partial charge in [0, 0.05) is 15.6 Å². The van der Waals surface area contributed by atoms with Gasteiger partial charge in [-0.05, 0) is 24.4 Å². The standard InChI is InChI=1S/C13H15NOS/c1-9(14-11-7-15-8-11)13-6-10-4-2-3-5-12(10)16-13/h2-6,9,11,14H,7-8H2,1H3. The van der Waals surface area contributed by atoms with Crippen LogP contribution >= 0.6 is 11.3 Å². The molecule has 16 heavy (non-hydrogen) atoms. The zero-order valence-electron chi connectivity index (χ0n) is 9.27. The molecule has 1 N–H and O–H groups in total. The first-order chi connectivity index (χ1) is 7.83. The largest absolute Gasteiger partial charge is 0.378 e. The van der Waals surface area contributed by atoms with Crippen molar-refractivity contribution < 1.29 is 4.74 Å². The molecule has 84 valence electrons. The summed E-state index contributed by atoms with van der Waals surface area (Å²) in [5, 5.41) is 4.93. The normalized spacial score (nSPS) is 18.6. The van der Waals surface area contributed by atoms with Gasteiger partial charge in [0.15, 0.2) is 0 Å². The molecule has 2 nitrogen and oxygen atoms in total. The molecule has 3 rings (SSSR count). The number of rotatable bonds is 3. The predicted octanol–water partition coefficient (Wildman–Crippen LogP) is 2.95. The summed E-state index contributed by atoms with van der Waals surface area (Å²) in [6, 6.07) is 11.8. The fourth-order valence-corrected chi connectivity index (χ4v) is 3.06. The third-order valence-electron chi connectivity index (χ3n) is 3.00. The molecule has 2 heterocycles. The third-order valence-corrected chi connectivity index (χ3v) is 4.29. The molecule has 1 aromatic heterocycles. The molecule has 2 aromatic rings. The van der Waals surface area contributed by atoms with E-state index in [9.17, 15) is 0 Å². The highest BCUT2D eigenvalue weighted by atomic mass is 32.1. The van der Waals surface area contributed by atoms with Crippen LogP contribution in [0.1, 0.15) is 17.8 Å². The summed E-state index contributed by atoms with van der Waals surface area (Å²) in [4.78, 5) is 1.41. The molecule has 1 saturated heterocycles. The maximum absolute atomic E-state index is 5.17. The van der Waals surface area contributed by atoms with Crippen molar-refractivity contribution in [2.24, 2.45) is 0 Å². The Morgan fingerprint density at radius 1 is 1.38 bits per heavy atom. The van der Waals surface area contributed by atoms with Crippen LogP contribution in [0.3, 0.4) is 0 Å². The molecule has 0 spiro atoms. The second-order valence-corrected chi connectivity index (χ2v) is 5.42. The van der Waals surface area contributed by atoms with Crippen LogP contribution in [-0.2, 0) is 4.74 Å². The van der Waals surface area contributed by atoms with Crippen molar-refractivity contribution in [2.45, 2.75) is 19.0 Å². The molecule has 1 fully saturated rings. The van der Waals surface area contributed by atoms with Gasteiger partial charge in [-0.15, -0.1) is 11.3 Å². The highest BCUT2D eigenvalue weighted by Crippen LogP contribution is 2.30. The van der Waals surface area contributed by atoms with E-state index in [0.29, 0.717) is 12.1 Å². The predicted molar refractivity (Wildman–Crippen MR) is 68.0 cm³/mol. The Labute approximate surface area is 99.2 Å². The average Bonchev–Trinajstić information content (AvgIpc) is 2.66. The lowest BCUT2D eigenvalue weighted by Gasteiger charge is -2.29. The lowest BCUT2D eigenvalue weighted by molar-refractivity contribution is -0.00909. The van der Waals surface area contributed by atoms with Crippen molar-refractivity contribution in [1.29, 1.82) is 0 Å². The number of hydrogen-bond donors (Lipinski definition) is 1. The lowest BCUT2D eigenvalue weighted by Crippen LogP contribution is -2.46. The van der Waals surface area contributed by atoms with Crippen LogP contribution < -0.4 is 5.32 Å². The quantitative estimate of drug-likeness (QED) is 0.880. The van der Waals surface area contributed by atoms with Crippen molar-refractivity contribution in [3.05, 3.63) is 35.2 Å². The van der Waals surface area contributed by atoms with Gasteiger partial charge in [0.1, 0.15) is 0 Å². The minimum atomic E-state index is 0.422. The Hall–Kier alpha value is -0.900. The second-order valence-electron chi connectivity index (χ2n) is 4.31. The highest BCUT2D eigenvalue weighted by Gasteiger charge is 2.21. The topological polar surface area (TPSA) is 21.3 Å². The van der Waals surface area contributed by atoms with E-state index < -0.39 is 0 Å². The van der Waals surface area contributed by atoms with Gasteiger partial charge in [0.05, 0.1) is 19.3 Å². The first-order valence-corrected chi connectivity index (χ1v) is 6.47. The van der Waals surface area contributed by atoms with E-state index in [1.165, 1.54) is 15.0 Å². The summed E-state index contributed by atoms with van der Waals surface area (Å²) < 4.78 is 6.54. The monoisotopic (exact) mass is 233 g/mol. The van der Waals surface area contributed by atoms with E-state index in [1.807, 2.05) is 11.3 Å². The number of ether oxygens (including phenoxy) is 1. The molecule has 0 saturated carbocycles. The molecule has 1 aromatic carbocycles. The average molecular weight is 233 g/mol. The number of benzene rings is 1. The van der Waals surface area contributed by atoms with Crippen LogP contribution in [0.5, 0.6) is 0 Å². The maximum atomic E-state index is 5.17. The number of fused-ring (bicyclic) bond motifs is 1. The van der Waals surface area contributed by atoms with E-state index in [-0.39, 0.29) is 0 Å². The number of nitrogens with one attached hydrogen (secondary N) is 1. The van der Waals surface area contributed by atoms with Gasteiger partial charge in [-0.2, -0.15) is 0 Å². The molecule has 1 aliphatic heterocycles. The van der Waals surface area contributed by atoms with E-state index in [0.717, 1.165) is 13.2 Å². The van der Waals surface area contributed by atoms with Gasteiger partial charge >= 0.3 is 0 Å². The Morgan fingerprint density at radius 2 is 2.19 bits per heavy atom. The Balaban J connectivity index is 1.81. The smallest absolute Gasteiger partial charge is 0.0643 e. The van der Waals surface area contributed by atoms with E-state index in [4.69, 9.17) is 4.74 Å². The summed E-state index contributed by atoms with van der Waals surface area (Å²) >= 11 is 1.88. The molecule has 0 radical (unpaired) electrons. The Bertz CT molecular complexity index is 456. The first-order valence-electron chi connectivity index (χ1n) is 5.65. The molecule has 0 amide bonds. The summed E-state index contributed by atoms with van der Waals surface area (Å²) in [7, 11) is 0. The SMILES string of the molecule is CC(NC1COC1)c1cc2ccccc2s1. The molecule has 1 aliphatic rings. The van der Waals surface area contributed by atoms with Crippen LogP contribution in [0.25, 0.3) is 10.1 Å². The second kappa shape index (κ2) is 4.17. The molecule has 0 bridgehead atoms. The molecule has 1 unspecified atom stereocenters. The third kappa shape index (κ3) is 1.86. The van der Waals surface area contributed by atoms with Gasteiger partial charge in [0.2, 0.25) is 0 Å². The zero-order chi connectivity index (χ0) is 11.0. The Morgan fingerprint density at radius 3 is 2.88 bits per heavy atom. The fourth-order valence-electron chi connectivity index (χ4n) is 1.98. The molecule has 1 atom stereocenters. The van der Waals surface area contributed by atoms with Crippen LogP contribution in [0.2, 0.25) is 0 Å². The summed E-state index contributed by atoms with van der Waals surface area (Å²) in [6.07, 6.45) is 0. The van der Waals surface area contributed by atoms with Gasteiger partial charge in [-0.3, -0.25) is 0 Å². The fraction of sp³-hybridized carbons (Fsp3) is 0.385. The van der Waals surface area contributed by atoms with Crippen molar-refractivity contribution >= 4 is 21.4 Å². The lowest BCUT2D eigenvalue weighted by atomic mass is 10.2. The summed E-state index contributed by atoms with van der Waals surface area (Å²) in [5.74, 6) is 0. The van der Waals surface area contributed by atoms with Crippen LogP contribution in [0, 0.1) is 0 Å². The minimum Gasteiger partial charge on any atom is -0.378 e. The highest BCUT2D eigenvalue weighted by molar-refractivity contribution is 7.19. The zero-order valence-corrected chi connectivity index (χ0v) is 10.1. The minimum absolute atomic E-state index is 0.422.